The lowest BCUT2D eigenvalue weighted by atomic mass is 10.1. The third kappa shape index (κ3) is 11.6. The number of rotatable bonds is 4. The Morgan fingerprint density at radius 2 is 0.798 bits per heavy atom. The molecule has 8 heterocycles. The highest BCUT2D eigenvalue weighted by molar-refractivity contribution is 5.87. The second kappa shape index (κ2) is 23.9. The van der Waals surface area contributed by atoms with Crippen LogP contribution < -0.4 is 38.5 Å². The summed E-state index contributed by atoms with van der Waals surface area (Å²) in [4.78, 5) is 23.7. The molecule has 84 heavy (non-hydrogen) atoms. The summed E-state index contributed by atoms with van der Waals surface area (Å²) in [7, 11) is 0. The molecule has 4 aliphatic heterocycles. The third-order valence-electron chi connectivity index (χ3n) is 14.0. The van der Waals surface area contributed by atoms with Gasteiger partial charge in [-0.25, -0.2) is 48.9 Å². The third-order valence-corrected chi connectivity index (χ3v) is 14.0. The van der Waals surface area contributed by atoms with E-state index >= 15 is 0 Å². The van der Waals surface area contributed by atoms with Crippen molar-refractivity contribution in [2.75, 3.05) is 46.5 Å². The van der Waals surface area contributed by atoms with Crippen molar-refractivity contribution in [3.63, 3.8) is 0 Å². The highest BCUT2D eigenvalue weighted by Crippen LogP contribution is 2.38. The van der Waals surface area contributed by atoms with Crippen LogP contribution in [0.4, 0.5) is 66.7 Å². The molecule has 0 amide bonds. The molecule has 14 rings (SSSR count). The summed E-state index contributed by atoms with van der Waals surface area (Å²) in [6, 6.07) is 34.3. The van der Waals surface area contributed by atoms with Gasteiger partial charge in [-0.15, -0.1) is 0 Å². The molecular formula is C62H46F10N8O4. The van der Waals surface area contributed by atoms with Crippen LogP contribution in [0, 0.1) is 72.0 Å². The molecule has 22 heteroatoms. The molecule has 0 bridgehead atoms. The predicted octanol–water partition coefficient (Wildman–Crippen LogP) is 14.1. The monoisotopic (exact) mass is 1160 g/mol. The molecule has 6 aromatic carbocycles. The van der Waals surface area contributed by atoms with Crippen molar-refractivity contribution in [2.24, 2.45) is 0 Å². The van der Waals surface area contributed by atoms with E-state index in [4.69, 9.17) is 18.9 Å². The van der Waals surface area contributed by atoms with E-state index in [0.29, 0.717) is 54.9 Å². The standard InChI is InChI=1S/C18H14F2N2O.C17H12F2N2O.C14H10F4N2O.C13H10F2N2O/c1-11-2-3-12-4-5-13-9-22(10-23-18(13)17(12)21-11)14-6-7-15(19)16(20)8-14;18-14-6-5-13(8-15(14)19)21-9-12-4-3-11-2-1-7-20-16(11)17(12)22-10-21;1-7-10(15)12(17)14(13(18)11(7)16)20-5-8-9(21-6-20)3-2-4-19-8;14-10-4-3-9(6-11(10)15)17-7-12-13(18-8-17)2-1-5-16-12/h2-8H,9-10H2,1H3;1-8H,9-10H2;2-4H,5-6H2,1H3;1-6H,7-8H2. The normalized spacial score (nSPS) is 13.9. The van der Waals surface area contributed by atoms with Crippen LogP contribution in [-0.4, -0.2) is 46.9 Å². The van der Waals surface area contributed by atoms with E-state index in [1.54, 1.807) is 47.6 Å². The summed E-state index contributed by atoms with van der Waals surface area (Å²) < 4.78 is 157. The molecule has 4 aliphatic rings. The van der Waals surface area contributed by atoms with Crippen molar-refractivity contribution in [3.8, 4) is 23.0 Å². The molecule has 0 unspecified atom stereocenters. The van der Waals surface area contributed by atoms with Gasteiger partial charge in [0.15, 0.2) is 96.6 Å². The second-order valence-electron chi connectivity index (χ2n) is 19.5. The van der Waals surface area contributed by atoms with Crippen molar-refractivity contribution in [1.29, 1.82) is 0 Å². The summed E-state index contributed by atoms with van der Waals surface area (Å²) in [5.74, 6) is -8.08. The van der Waals surface area contributed by atoms with Gasteiger partial charge in [-0.05, 0) is 86.6 Å². The Bertz CT molecular complexity index is 4100. The average molecular weight is 1160 g/mol. The Morgan fingerprint density at radius 1 is 0.381 bits per heavy atom. The van der Waals surface area contributed by atoms with Gasteiger partial charge in [-0.2, -0.15) is 0 Å². The van der Waals surface area contributed by atoms with Crippen molar-refractivity contribution in [1.82, 2.24) is 19.9 Å². The van der Waals surface area contributed by atoms with Gasteiger partial charge < -0.3 is 38.5 Å². The Labute approximate surface area is 473 Å². The fourth-order valence-electron chi connectivity index (χ4n) is 9.61. The van der Waals surface area contributed by atoms with Gasteiger partial charge in [0.2, 0.25) is 0 Å². The number of hydrogen-bond donors (Lipinski definition) is 0. The number of aryl methyl sites for hydroxylation is 1. The Morgan fingerprint density at radius 3 is 1.31 bits per heavy atom. The van der Waals surface area contributed by atoms with Crippen LogP contribution in [0.5, 0.6) is 23.0 Å². The van der Waals surface area contributed by atoms with Gasteiger partial charge in [0.1, 0.15) is 39.6 Å². The first-order valence-electron chi connectivity index (χ1n) is 25.9. The highest BCUT2D eigenvalue weighted by Gasteiger charge is 2.31. The topological polar surface area (TPSA) is 101 Å². The molecule has 0 saturated heterocycles. The number of benzene rings is 6. The first kappa shape index (κ1) is 56.0. The number of halogens is 10. The quantitative estimate of drug-likeness (QED) is 0.124. The van der Waals surface area contributed by atoms with Gasteiger partial charge in [0, 0.05) is 100 Å². The first-order valence-corrected chi connectivity index (χ1v) is 25.9. The van der Waals surface area contributed by atoms with Crippen molar-refractivity contribution >= 4 is 44.6 Å². The number of nitrogens with zero attached hydrogens (tertiary/aromatic N) is 8. The number of anilines is 4. The summed E-state index contributed by atoms with van der Waals surface area (Å²) in [5, 5.41) is 2.04. The molecule has 0 atom stereocenters. The number of pyridine rings is 4. The molecule has 0 spiro atoms. The van der Waals surface area contributed by atoms with Crippen LogP contribution in [-0.2, 0) is 26.2 Å². The van der Waals surface area contributed by atoms with E-state index in [2.05, 4.69) is 19.9 Å². The molecule has 0 N–H and O–H groups in total. The van der Waals surface area contributed by atoms with Gasteiger partial charge in [0.05, 0.1) is 13.1 Å². The summed E-state index contributed by atoms with van der Waals surface area (Å²) >= 11 is 0. The molecule has 10 aromatic rings. The number of fused-ring (bicyclic) bond motifs is 8. The van der Waals surface area contributed by atoms with E-state index in [9.17, 15) is 43.9 Å². The Kier molecular flexibility index (Phi) is 16.0. The first-order chi connectivity index (χ1) is 40.6. The van der Waals surface area contributed by atoms with Gasteiger partial charge >= 0.3 is 0 Å². The molecule has 0 saturated carbocycles. The van der Waals surface area contributed by atoms with Gasteiger partial charge in [0.25, 0.3) is 0 Å². The second-order valence-corrected chi connectivity index (χ2v) is 19.5. The number of hydrogen-bond acceptors (Lipinski definition) is 12. The van der Waals surface area contributed by atoms with Gasteiger partial charge in [-0.1, -0.05) is 36.4 Å². The Hall–Kier alpha value is -9.86. The zero-order valence-corrected chi connectivity index (χ0v) is 44.5. The van der Waals surface area contributed by atoms with Crippen LogP contribution in [0.15, 0.2) is 146 Å². The molecule has 12 nitrogen and oxygen atoms in total. The van der Waals surface area contributed by atoms with Crippen LogP contribution in [0.25, 0.3) is 21.8 Å². The molecule has 0 aliphatic carbocycles. The fraction of sp³-hybridized carbons (Fsp3) is 0.161. The summed E-state index contributed by atoms with van der Waals surface area (Å²) in [5.41, 5.74) is 6.04. The van der Waals surface area contributed by atoms with Gasteiger partial charge in [-0.3, -0.25) is 15.0 Å². The maximum absolute atomic E-state index is 14.0. The van der Waals surface area contributed by atoms with E-state index in [1.165, 1.54) is 24.4 Å². The maximum Gasteiger partial charge on any atom is 0.185 e. The van der Waals surface area contributed by atoms with Crippen LogP contribution in [0.3, 0.4) is 0 Å². The smallest absolute Gasteiger partial charge is 0.185 e. The highest BCUT2D eigenvalue weighted by atomic mass is 19.2. The lowest BCUT2D eigenvalue weighted by molar-refractivity contribution is 0.281. The fourth-order valence-corrected chi connectivity index (χ4v) is 9.61. The lowest BCUT2D eigenvalue weighted by Crippen LogP contribution is -2.34. The van der Waals surface area contributed by atoms with Crippen molar-refractivity contribution in [2.45, 2.75) is 40.0 Å². The van der Waals surface area contributed by atoms with E-state index in [1.807, 2.05) is 71.3 Å². The number of ether oxygens (including phenoxy) is 4. The predicted molar refractivity (Wildman–Crippen MR) is 293 cm³/mol. The lowest BCUT2D eigenvalue weighted by Gasteiger charge is -2.31. The zero-order chi connectivity index (χ0) is 58.8. The molecule has 4 aromatic heterocycles. The van der Waals surface area contributed by atoms with E-state index in [0.717, 1.165) is 97.7 Å². The molecule has 0 radical (unpaired) electrons. The largest absolute Gasteiger partial charge is 0.471 e. The van der Waals surface area contributed by atoms with Crippen molar-refractivity contribution < 1.29 is 62.9 Å². The minimum atomic E-state index is -1.44. The molecule has 0 fully saturated rings. The van der Waals surface area contributed by atoms with Crippen LogP contribution >= 0.6 is 0 Å². The molecule has 428 valence electrons. The zero-order valence-electron chi connectivity index (χ0n) is 44.5. The van der Waals surface area contributed by atoms with Crippen LogP contribution in [0.2, 0.25) is 0 Å². The average Bonchev–Trinajstić information content (AvgIpc) is 3.61. The maximum atomic E-state index is 14.0. The van der Waals surface area contributed by atoms with E-state index < -0.39 is 69.4 Å². The minimum absolute atomic E-state index is 0.00798. The van der Waals surface area contributed by atoms with E-state index in [-0.39, 0.29) is 26.7 Å². The minimum Gasteiger partial charge on any atom is -0.471 e. The van der Waals surface area contributed by atoms with Crippen LogP contribution in [0.1, 0.15) is 33.8 Å². The molecular weight excluding hydrogens is 1110 g/mol. The summed E-state index contributed by atoms with van der Waals surface area (Å²) in [6.45, 7) is 5.16. The number of aromatic nitrogens is 4. The van der Waals surface area contributed by atoms with Crippen molar-refractivity contribution in [3.05, 3.63) is 238 Å². The summed E-state index contributed by atoms with van der Waals surface area (Å²) in [6.07, 6.45) is 4.90. The Balaban J connectivity index is 0.000000117. The SMILES string of the molecule is Cc1c(F)c(F)c(N2COc3cccnc3C2)c(F)c1F.Cc1ccc2ccc3c(c2n1)OCN(c1ccc(F)c(F)c1)C3.Fc1ccc(N2COc3c(ccc4cccnc34)C2)cc1F.Fc1ccc(N2COc3cccnc3C2)cc1F.